The van der Waals surface area contributed by atoms with Crippen molar-refractivity contribution < 1.29 is 9.53 Å². The number of rotatable bonds is 2. The molecule has 7 heteroatoms. The number of hydrogen-bond acceptors (Lipinski definition) is 5. The molecule has 114 valence electrons. The summed E-state index contributed by atoms with van der Waals surface area (Å²) in [7, 11) is 0. The van der Waals surface area contributed by atoms with Gasteiger partial charge in [-0.05, 0) is 19.1 Å². The van der Waals surface area contributed by atoms with Gasteiger partial charge in [-0.3, -0.25) is 14.6 Å². The van der Waals surface area contributed by atoms with Crippen molar-refractivity contribution in [2.24, 2.45) is 0 Å². The number of aromatic amines is 1. The first-order chi connectivity index (χ1) is 10.6. The maximum atomic E-state index is 12.5. The molecule has 1 amide bonds. The molecular weight excluding hydrogens is 284 g/mol. The summed E-state index contributed by atoms with van der Waals surface area (Å²) in [6.07, 6.45) is 2.75. The fraction of sp³-hybridized carbons (Fsp3) is 0.333. The van der Waals surface area contributed by atoms with Crippen LogP contribution in [0.15, 0.2) is 35.4 Å². The fourth-order valence-corrected chi connectivity index (χ4v) is 2.43. The Kier molecular flexibility index (Phi) is 3.97. The molecule has 0 saturated carbocycles. The first-order valence-electron chi connectivity index (χ1n) is 7.02. The zero-order valence-electron chi connectivity index (χ0n) is 12.2. The second-order valence-electron chi connectivity index (χ2n) is 5.12. The lowest BCUT2D eigenvalue weighted by atomic mass is 10.2. The molecule has 0 aromatic carbocycles. The number of amides is 1. The molecule has 2 aromatic rings. The summed E-state index contributed by atoms with van der Waals surface area (Å²) in [5, 5.41) is 0. The number of nitrogens with one attached hydrogen (secondary N) is 1. The van der Waals surface area contributed by atoms with Gasteiger partial charge in [-0.2, -0.15) is 0 Å². The summed E-state index contributed by atoms with van der Waals surface area (Å²) in [5.74, 6) is 0.378. The van der Waals surface area contributed by atoms with Crippen LogP contribution in [0.3, 0.4) is 0 Å². The molecule has 0 aliphatic carbocycles. The first kappa shape index (κ1) is 14.4. The van der Waals surface area contributed by atoms with Crippen LogP contribution < -0.4 is 5.56 Å². The van der Waals surface area contributed by atoms with E-state index < -0.39 is 6.10 Å². The highest BCUT2D eigenvalue weighted by Crippen LogP contribution is 2.20. The SMILES string of the molecule is Cc1cc(=O)[nH]c([C@@H]2CN(C(=O)c3ccncc3)CCO2)n1. The van der Waals surface area contributed by atoms with Crippen LogP contribution in [-0.4, -0.2) is 45.5 Å². The van der Waals surface area contributed by atoms with Gasteiger partial charge in [-0.1, -0.05) is 0 Å². The van der Waals surface area contributed by atoms with E-state index in [-0.39, 0.29) is 11.5 Å². The summed E-state index contributed by atoms with van der Waals surface area (Å²) in [6, 6.07) is 4.78. The lowest BCUT2D eigenvalue weighted by Gasteiger charge is -2.32. The average Bonchev–Trinajstić information content (AvgIpc) is 2.54. The van der Waals surface area contributed by atoms with Crippen LogP contribution in [0.2, 0.25) is 0 Å². The third kappa shape index (κ3) is 3.04. The molecule has 0 unspecified atom stereocenters. The molecule has 2 aromatic heterocycles. The van der Waals surface area contributed by atoms with Gasteiger partial charge < -0.3 is 14.6 Å². The largest absolute Gasteiger partial charge is 0.367 e. The number of aryl methyl sites for hydroxylation is 1. The molecule has 22 heavy (non-hydrogen) atoms. The predicted molar refractivity (Wildman–Crippen MR) is 78.4 cm³/mol. The summed E-state index contributed by atoms with van der Waals surface area (Å²) in [6.45, 7) is 3.02. The number of carbonyl (C=O) groups is 1. The number of pyridine rings is 1. The number of nitrogens with zero attached hydrogens (tertiary/aromatic N) is 3. The maximum absolute atomic E-state index is 12.5. The number of morpholine rings is 1. The number of hydrogen-bond donors (Lipinski definition) is 1. The van der Waals surface area contributed by atoms with Crippen molar-refractivity contribution in [3.8, 4) is 0 Å². The Morgan fingerprint density at radius 1 is 1.41 bits per heavy atom. The van der Waals surface area contributed by atoms with E-state index in [1.807, 2.05) is 0 Å². The van der Waals surface area contributed by atoms with Gasteiger partial charge in [0.25, 0.3) is 11.5 Å². The van der Waals surface area contributed by atoms with Gasteiger partial charge in [0.2, 0.25) is 0 Å². The molecule has 7 nitrogen and oxygen atoms in total. The highest BCUT2D eigenvalue weighted by Gasteiger charge is 2.27. The van der Waals surface area contributed by atoms with E-state index in [9.17, 15) is 9.59 Å². The summed E-state index contributed by atoms with van der Waals surface area (Å²) in [4.78, 5) is 36.6. The van der Waals surface area contributed by atoms with Crippen molar-refractivity contribution in [1.29, 1.82) is 0 Å². The Hall–Kier alpha value is -2.54. The molecule has 1 fully saturated rings. The number of carbonyl (C=O) groups excluding carboxylic acids is 1. The molecule has 1 saturated heterocycles. The summed E-state index contributed by atoms with van der Waals surface area (Å²) < 4.78 is 5.65. The number of aromatic nitrogens is 3. The van der Waals surface area contributed by atoms with Crippen molar-refractivity contribution in [1.82, 2.24) is 19.9 Å². The minimum Gasteiger partial charge on any atom is -0.367 e. The van der Waals surface area contributed by atoms with Crippen molar-refractivity contribution in [3.63, 3.8) is 0 Å². The Morgan fingerprint density at radius 3 is 2.91 bits per heavy atom. The van der Waals surface area contributed by atoms with Crippen LogP contribution in [-0.2, 0) is 4.74 Å². The molecule has 3 heterocycles. The van der Waals surface area contributed by atoms with Crippen molar-refractivity contribution in [2.45, 2.75) is 13.0 Å². The summed E-state index contributed by atoms with van der Waals surface area (Å²) in [5.41, 5.74) is 0.991. The average molecular weight is 300 g/mol. The van der Waals surface area contributed by atoms with Crippen molar-refractivity contribution in [3.05, 3.63) is 58.0 Å². The van der Waals surface area contributed by atoms with Gasteiger partial charge >= 0.3 is 0 Å². The lowest BCUT2D eigenvalue weighted by Crippen LogP contribution is -2.43. The molecular formula is C15H16N4O3. The van der Waals surface area contributed by atoms with Gasteiger partial charge in [0, 0.05) is 36.3 Å². The number of ether oxygens (including phenoxy) is 1. The van der Waals surface area contributed by atoms with Crippen LogP contribution >= 0.6 is 0 Å². The second kappa shape index (κ2) is 6.07. The van der Waals surface area contributed by atoms with E-state index in [0.717, 1.165) is 0 Å². The van der Waals surface area contributed by atoms with Gasteiger partial charge in [-0.15, -0.1) is 0 Å². The summed E-state index contributed by atoms with van der Waals surface area (Å²) >= 11 is 0. The fourth-order valence-electron chi connectivity index (χ4n) is 2.43. The van der Waals surface area contributed by atoms with Crippen LogP contribution in [0.1, 0.15) is 28.0 Å². The molecule has 0 bridgehead atoms. The van der Waals surface area contributed by atoms with Crippen LogP contribution in [0.25, 0.3) is 0 Å². The third-order valence-corrected chi connectivity index (χ3v) is 3.47. The quantitative estimate of drug-likeness (QED) is 0.881. The molecule has 1 atom stereocenters. The van der Waals surface area contributed by atoms with E-state index in [4.69, 9.17) is 4.74 Å². The van der Waals surface area contributed by atoms with E-state index in [0.29, 0.717) is 36.8 Å². The van der Waals surface area contributed by atoms with E-state index in [1.54, 1.807) is 36.4 Å². The Morgan fingerprint density at radius 2 is 2.18 bits per heavy atom. The number of H-pyrrole nitrogens is 1. The smallest absolute Gasteiger partial charge is 0.254 e. The Bertz CT molecular complexity index is 729. The van der Waals surface area contributed by atoms with Crippen LogP contribution in [0.4, 0.5) is 0 Å². The van der Waals surface area contributed by atoms with Crippen molar-refractivity contribution >= 4 is 5.91 Å². The topological polar surface area (TPSA) is 88.2 Å². The highest BCUT2D eigenvalue weighted by atomic mass is 16.5. The monoisotopic (exact) mass is 300 g/mol. The van der Waals surface area contributed by atoms with Gasteiger partial charge in [0.1, 0.15) is 11.9 Å². The van der Waals surface area contributed by atoms with E-state index in [1.165, 1.54) is 6.07 Å². The van der Waals surface area contributed by atoms with Crippen LogP contribution in [0.5, 0.6) is 0 Å². The first-order valence-corrected chi connectivity index (χ1v) is 7.02. The minimum atomic E-state index is -0.424. The molecule has 1 N–H and O–H groups in total. The van der Waals surface area contributed by atoms with Gasteiger partial charge in [-0.25, -0.2) is 4.98 Å². The molecule has 0 radical (unpaired) electrons. The standard InChI is InChI=1S/C15H16N4O3/c1-10-8-13(20)18-14(17-10)12-9-19(6-7-22-12)15(21)11-2-4-16-5-3-11/h2-5,8,12H,6-7,9H2,1H3,(H,17,18,20)/t12-/m0/s1. The predicted octanol–water partition coefficient (Wildman–Crippen LogP) is 0.687. The molecule has 1 aliphatic heterocycles. The molecule has 3 rings (SSSR count). The van der Waals surface area contributed by atoms with Gasteiger partial charge in [0.15, 0.2) is 0 Å². The molecule has 1 aliphatic rings. The zero-order valence-corrected chi connectivity index (χ0v) is 12.2. The normalized spacial score (nSPS) is 18.2. The maximum Gasteiger partial charge on any atom is 0.254 e. The second-order valence-corrected chi connectivity index (χ2v) is 5.12. The van der Waals surface area contributed by atoms with Crippen LogP contribution in [0, 0.1) is 6.92 Å². The van der Waals surface area contributed by atoms with Crippen molar-refractivity contribution in [2.75, 3.05) is 19.7 Å². The minimum absolute atomic E-state index is 0.0781. The molecule has 0 spiro atoms. The highest BCUT2D eigenvalue weighted by molar-refractivity contribution is 5.94. The van der Waals surface area contributed by atoms with Gasteiger partial charge in [0.05, 0.1) is 13.2 Å². The lowest BCUT2D eigenvalue weighted by molar-refractivity contribution is -0.0269. The Balaban J connectivity index is 1.79. The van der Waals surface area contributed by atoms with E-state index >= 15 is 0 Å². The van der Waals surface area contributed by atoms with E-state index in [2.05, 4.69) is 15.0 Å². The third-order valence-electron chi connectivity index (χ3n) is 3.47. The zero-order chi connectivity index (χ0) is 15.5. The Labute approximate surface area is 127 Å².